The van der Waals surface area contributed by atoms with E-state index in [1.807, 2.05) is 75.4 Å². The highest BCUT2D eigenvalue weighted by atomic mass is 32.2. The van der Waals surface area contributed by atoms with E-state index in [1.54, 1.807) is 11.8 Å². The Bertz CT molecular complexity index is 1270. The third-order valence-corrected chi connectivity index (χ3v) is 7.66. The van der Waals surface area contributed by atoms with E-state index in [2.05, 4.69) is 5.32 Å². The lowest BCUT2D eigenvalue weighted by Crippen LogP contribution is -2.43. The fraction of sp³-hybridized carbons (Fsp3) is 0.367. The Kier molecular flexibility index (Phi) is 8.94. The minimum atomic E-state index is -0.941. The molecule has 0 saturated heterocycles. The zero-order valence-electron chi connectivity index (χ0n) is 22.1. The van der Waals surface area contributed by atoms with E-state index < -0.39 is 23.8 Å². The van der Waals surface area contributed by atoms with E-state index in [-0.39, 0.29) is 18.3 Å². The number of allylic oxidation sites excluding steroid dienone is 3. The standard InChI is InChI=1S/C30H33NO6S/c1-5-38-15-14-36-30(34)25-19(3)31-23-16-18(2)24(29(33)35-4)28(32)27(23)26(25)20-10-9-13-22(17-20)37-21-11-7-6-8-12-21/h6-13,17-18,24,26,31H,5,14-16H2,1-4H3/t18-,24-,26-/m1/s1. The molecule has 0 bridgehead atoms. The quantitative estimate of drug-likeness (QED) is 0.260. The molecule has 0 amide bonds. The van der Waals surface area contributed by atoms with Crippen molar-refractivity contribution in [1.29, 1.82) is 0 Å². The van der Waals surface area contributed by atoms with Crippen molar-refractivity contribution < 1.29 is 28.6 Å². The van der Waals surface area contributed by atoms with Crippen molar-refractivity contribution in [3.05, 3.63) is 82.7 Å². The zero-order chi connectivity index (χ0) is 27.2. The minimum absolute atomic E-state index is 0.248. The highest BCUT2D eigenvalue weighted by Crippen LogP contribution is 2.46. The van der Waals surface area contributed by atoms with Crippen LogP contribution in [0.15, 0.2) is 77.1 Å². The fourth-order valence-electron chi connectivity index (χ4n) is 5.08. The highest BCUT2D eigenvalue weighted by Gasteiger charge is 2.47. The first-order valence-electron chi connectivity index (χ1n) is 12.8. The number of thioether (sulfide) groups is 1. The Labute approximate surface area is 227 Å². The van der Waals surface area contributed by atoms with Crippen molar-refractivity contribution in [3.8, 4) is 11.5 Å². The van der Waals surface area contributed by atoms with Gasteiger partial charge in [0, 0.05) is 28.6 Å². The number of hydrogen-bond acceptors (Lipinski definition) is 8. The topological polar surface area (TPSA) is 90.9 Å². The minimum Gasteiger partial charge on any atom is -0.468 e. The summed E-state index contributed by atoms with van der Waals surface area (Å²) < 4.78 is 16.7. The lowest BCUT2D eigenvalue weighted by atomic mass is 9.69. The average Bonchev–Trinajstić information content (AvgIpc) is 2.90. The molecule has 2 aromatic carbocycles. The highest BCUT2D eigenvalue weighted by molar-refractivity contribution is 7.99. The molecule has 1 aliphatic carbocycles. The molecule has 2 aliphatic rings. The summed E-state index contributed by atoms with van der Waals surface area (Å²) in [5.41, 5.74) is 2.81. The van der Waals surface area contributed by atoms with Crippen molar-refractivity contribution in [2.75, 3.05) is 25.2 Å². The summed E-state index contributed by atoms with van der Waals surface area (Å²) >= 11 is 1.68. The second-order valence-electron chi connectivity index (χ2n) is 9.36. The first-order chi connectivity index (χ1) is 18.3. The number of dihydropyridines is 1. The van der Waals surface area contributed by atoms with Gasteiger partial charge in [0.15, 0.2) is 5.78 Å². The molecule has 0 spiro atoms. The lowest BCUT2D eigenvalue weighted by Gasteiger charge is -2.38. The molecule has 1 N–H and O–H groups in total. The van der Waals surface area contributed by atoms with Gasteiger partial charge in [-0.05, 0) is 54.8 Å². The maximum absolute atomic E-state index is 13.9. The molecule has 2 aromatic rings. The van der Waals surface area contributed by atoms with Crippen molar-refractivity contribution in [2.24, 2.45) is 11.8 Å². The van der Waals surface area contributed by atoms with Gasteiger partial charge in [-0.1, -0.05) is 44.2 Å². The lowest BCUT2D eigenvalue weighted by molar-refractivity contribution is -0.151. The summed E-state index contributed by atoms with van der Waals surface area (Å²) in [4.78, 5) is 40.0. The van der Waals surface area contributed by atoms with Gasteiger partial charge in [-0.15, -0.1) is 0 Å². The van der Waals surface area contributed by atoms with Gasteiger partial charge in [0.25, 0.3) is 0 Å². The van der Waals surface area contributed by atoms with Crippen LogP contribution in [0.2, 0.25) is 0 Å². The second kappa shape index (κ2) is 12.3. The smallest absolute Gasteiger partial charge is 0.336 e. The van der Waals surface area contributed by atoms with E-state index in [0.717, 1.165) is 11.4 Å². The Morgan fingerprint density at radius 3 is 2.53 bits per heavy atom. The van der Waals surface area contributed by atoms with Crippen LogP contribution in [-0.4, -0.2) is 42.9 Å². The molecule has 1 heterocycles. The van der Waals surface area contributed by atoms with E-state index >= 15 is 0 Å². The summed E-state index contributed by atoms with van der Waals surface area (Å²) in [6.07, 6.45) is 0.477. The molecular weight excluding hydrogens is 502 g/mol. The number of ketones is 1. The van der Waals surface area contributed by atoms with Crippen LogP contribution in [0.25, 0.3) is 0 Å². The maximum atomic E-state index is 13.9. The van der Waals surface area contributed by atoms with Gasteiger partial charge in [0.1, 0.15) is 24.0 Å². The van der Waals surface area contributed by atoms with E-state index in [4.69, 9.17) is 14.2 Å². The number of nitrogens with one attached hydrogen (secondary N) is 1. The number of carbonyl (C=O) groups is 3. The largest absolute Gasteiger partial charge is 0.468 e. The van der Waals surface area contributed by atoms with Crippen molar-refractivity contribution >= 4 is 29.5 Å². The Balaban J connectivity index is 1.77. The van der Waals surface area contributed by atoms with Gasteiger partial charge in [-0.3, -0.25) is 9.59 Å². The van der Waals surface area contributed by atoms with Crippen LogP contribution >= 0.6 is 11.8 Å². The Morgan fingerprint density at radius 1 is 1.08 bits per heavy atom. The number of carbonyl (C=O) groups excluding carboxylic acids is 3. The summed E-state index contributed by atoms with van der Waals surface area (Å²) in [5, 5.41) is 3.29. The van der Waals surface area contributed by atoms with Crippen LogP contribution < -0.4 is 10.1 Å². The van der Waals surface area contributed by atoms with Crippen LogP contribution in [0.1, 0.15) is 38.7 Å². The molecule has 200 valence electrons. The predicted molar refractivity (Wildman–Crippen MR) is 147 cm³/mol. The first-order valence-corrected chi connectivity index (χ1v) is 13.9. The van der Waals surface area contributed by atoms with Crippen LogP contribution in [-0.2, 0) is 23.9 Å². The molecule has 7 nitrogen and oxygen atoms in total. The summed E-state index contributed by atoms with van der Waals surface area (Å²) in [6.45, 7) is 5.99. The van der Waals surface area contributed by atoms with Crippen LogP contribution in [0, 0.1) is 11.8 Å². The molecule has 3 atom stereocenters. The monoisotopic (exact) mass is 535 g/mol. The molecule has 4 rings (SSSR count). The van der Waals surface area contributed by atoms with Gasteiger partial charge < -0.3 is 19.5 Å². The average molecular weight is 536 g/mol. The predicted octanol–water partition coefficient (Wildman–Crippen LogP) is 5.39. The molecule has 0 fully saturated rings. The van der Waals surface area contributed by atoms with Crippen molar-refractivity contribution in [2.45, 2.75) is 33.1 Å². The third-order valence-electron chi connectivity index (χ3n) is 6.80. The number of esters is 2. The third kappa shape index (κ3) is 5.80. The number of rotatable bonds is 9. The van der Waals surface area contributed by atoms with Gasteiger partial charge in [-0.25, -0.2) is 4.79 Å². The van der Waals surface area contributed by atoms with E-state index in [0.29, 0.717) is 46.1 Å². The fourth-order valence-corrected chi connectivity index (χ4v) is 5.57. The van der Waals surface area contributed by atoms with Crippen molar-refractivity contribution in [3.63, 3.8) is 0 Å². The summed E-state index contributed by atoms with van der Waals surface area (Å²) in [5.74, 6) is -0.452. The molecule has 0 saturated carbocycles. The number of hydrogen-bond donors (Lipinski definition) is 1. The Morgan fingerprint density at radius 2 is 1.82 bits per heavy atom. The summed E-state index contributed by atoms with van der Waals surface area (Å²) in [7, 11) is 1.29. The number of methoxy groups -OCH3 is 1. The van der Waals surface area contributed by atoms with Crippen LogP contribution in [0.3, 0.4) is 0 Å². The molecule has 8 heteroatoms. The molecule has 0 unspecified atom stereocenters. The SMILES string of the molecule is CCSCCOC(=O)C1=C(C)NC2=C(C(=O)[C@H](C(=O)OC)[C@H](C)C2)[C@@H]1c1cccc(Oc2ccccc2)c1. The van der Waals surface area contributed by atoms with E-state index in [1.165, 1.54) is 7.11 Å². The van der Waals surface area contributed by atoms with Gasteiger partial charge in [-0.2, -0.15) is 11.8 Å². The van der Waals surface area contributed by atoms with Crippen molar-refractivity contribution in [1.82, 2.24) is 5.32 Å². The van der Waals surface area contributed by atoms with Gasteiger partial charge >= 0.3 is 11.9 Å². The second-order valence-corrected chi connectivity index (χ2v) is 10.7. The number of ether oxygens (including phenoxy) is 3. The Hall–Kier alpha value is -3.52. The van der Waals surface area contributed by atoms with Gasteiger partial charge in [0.05, 0.1) is 12.7 Å². The number of para-hydroxylation sites is 1. The van der Waals surface area contributed by atoms with Crippen LogP contribution in [0.4, 0.5) is 0 Å². The number of benzene rings is 2. The van der Waals surface area contributed by atoms with Crippen LogP contribution in [0.5, 0.6) is 11.5 Å². The normalized spacial score (nSPS) is 20.9. The maximum Gasteiger partial charge on any atom is 0.336 e. The molecule has 0 radical (unpaired) electrons. The molecule has 38 heavy (non-hydrogen) atoms. The molecule has 0 aromatic heterocycles. The summed E-state index contributed by atoms with van der Waals surface area (Å²) in [6, 6.07) is 16.7. The van der Waals surface area contributed by atoms with E-state index in [9.17, 15) is 14.4 Å². The molecular formula is C30H33NO6S. The number of Topliss-reactive ketones (excluding diaryl/α,β-unsaturated/α-hetero) is 1. The van der Waals surface area contributed by atoms with Gasteiger partial charge in [0.2, 0.25) is 0 Å². The first kappa shape index (κ1) is 27.5. The molecule has 1 aliphatic heterocycles. The zero-order valence-corrected chi connectivity index (χ0v) is 22.9.